The molecule has 0 spiro atoms. The summed E-state index contributed by atoms with van der Waals surface area (Å²) >= 11 is 0. The third kappa shape index (κ3) is 3.11. The second-order valence-electron chi connectivity index (χ2n) is 5.84. The Bertz CT molecular complexity index is 709. The van der Waals surface area contributed by atoms with Crippen LogP contribution in [-0.2, 0) is 0 Å². The predicted molar refractivity (Wildman–Crippen MR) is 88.7 cm³/mol. The van der Waals surface area contributed by atoms with Gasteiger partial charge in [0.1, 0.15) is 0 Å². The van der Waals surface area contributed by atoms with Crippen LogP contribution in [-0.4, -0.2) is 16.3 Å². The highest BCUT2D eigenvalue weighted by molar-refractivity contribution is 6.05. The summed E-state index contributed by atoms with van der Waals surface area (Å²) in [5, 5.41) is 2.88. The van der Waals surface area contributed by atoms with Crippen molar-refractivity contribution in [3.05, 3.63) is 52.8 Å². The quantitative estimate of drug-likeness (QED) is 0.862. The molecule has 0 saturated heterocycles. The highest BCUT2D eigenvalue weighted by atomic mass is 16.1. The number of carbonyl (C=O) groups excluding carboxylic acids is 2. The number of benzene rings is 1. The number of aromatic nitrogens is 1. The Labute approximate surface area is 131 Å². The van der Waals surface area contributed by atoms with Crippen molar-refractivity contribution in [2.24, 2.45) is 0 Å². The highest BCUT2D eigenvalue weighted by Gasteiger charge is 2.17. The van der Waals surface area contributed by atoms with E-state index in [9.17, 15) is 9.59 Å². The Kier molecular flexibility index (Phi) is 4.50. The topological polar surface area (TPSA) is 51.1 Å². The van der Waals surface area contributed by atoms with E-state index in [2.05, 4.69) is 23.7 Å². The zero-order valence-electron chi connectivity index (χ0n) is 13.7. The summed E-state index contributed by atoms with van der Waals surface area (Å²) in [6.45, 7) is 9.69. The van der Waals surface area contributed by atoms with Crippen molar-refractivity contribution in [1.82, 2.24) is 4.57 Å². The largest absolute Gasteiger partial charge is 0.346 e. The van der Waals surface area contributed by atoms with Crippen molar-refractivity contribution in [2.75, 3.05) is 5.32 Å². The number of hydrogen-bond donors (Lipinski definition) is 1. The number of rotatable bonds is 4. The summed E-state index contributed by atoms with van der Waals surface area (Å²) < 4.78 is 2.15. The summed E-state index contributed by atoms with van der Waals surface area (Å²) in [7, 11) is 0. The Hall–Kier alpha value is -2.36. The maximum Gasteiger partial charge on any atom is 0.257 e. The lowest BCUT2D eigenvalue weighted by Crippen LogP contribution is -2.14. The maximum atomic E-state index is 12.5. The van der Waals surface area contributed by atoms with Crippen molar-refractivity contribution in [1.29, 1.82) is 0 Å². The number of anilines is 1. The summed E-state index contributed by atoms with van der Waals surface area (Å²) in [5.41, 5.74) is 4.04. The van der Waals surface area contributed by atoms with Gasteiger partial charge in [0.2, 0.25) is 0 Å². The average Bonchev–Trinajstić information content (AvgIpc) is 2.74. The zero-order valence-corrected chi connectivity index (χ0v) is 13.7. The van der Waals surface area contributed by atoms with E-state index in [4.69, 9.17) is 0 Å². The molecule has 0 radical (unpaired) electrons. The minimum absolute atomic E-state index is 0.0124. The molecular formula is C18H22N2O2. The second-order valence-corrected chi connectivity index (χ2v) is 5.84. The highest BCUT2D eigenvalue weighted by Crippen LogP contribution is 2.21. The molecule has 22 heavy (non-hydrogen) atoms. The van der Waals surface area contributed by atoms with Gasteiger partial charge in [-0.2, -0.15) is 0 Å². The lowest BCUT2D eigenvalue weighted by molar-refractivity contribution is 0.101. The number of nitrogens with one attached hydrogen (secondary N) is 1. The molecule has 0 atom stereocenters. The zero-order chi connectivity index (χ0) is 16.4. The molecule has 1 aromatic carbocycles. The normalized spacial score (nSPS) is 10.8. The van der Waals surface area contributed by atoms with Gasteiger partial charge in [-0.15, -0.1) is 0 Å². The van der Waals surface area contributed by atoms with E-state index < -0.39 is 0 Å². The van der Waals surface area contributed by atoms with Gasteiger partial charge in [-0.25, -0.2) is 0 Å². The van der Waals surface area contributed by atoms with Crippen LogP contribution in [0.15, 0.2) is 30.3 Å². The van der Waals surface area contributed by atoms with Crippen LogP contribution < -0.4 is 5.32 Å². The molecule has 4 nitrogen and oxygen atoms in total. The standard InChI is InChI=1S/C18H22N2O2/c1-11(2)20-12(3)10-17(13(20)4)18(22)19-16-8-6-15(7-9-16)14(5)21/h6-11H,1-5H3,(H,19,22). The molecule has 0 fully saturated rings. The Morgan fingerprint density at radius 1 is 1.09 bits per heavy atom. The van der Waals surface area contributed by atoms with Gasteiger partial charge in [0.25, 0.3) is 5.91 Å². The smallest absolute Gasteiger partial charge is 0.257 e. The van der Waals surface area contributed by atoms with E-state index in [0.29, 0.717) is 22.9 Å². The Balaban J connectivity index is 2.22. The first kappa shape index (κ1) is 16.0. The van der Waals surface area contributed by atoms with Gasteiger partial charge in [-0.05, 0) is 65.0 Å². The summed E-state index contributed by atoms with van der Waals surface area (Å²) in [6.07, 6.45) is 0. The van der Waals surface area contributed by atoms with Crippen LogP contribution in [0.1, 0.15) is 58.9 Å². The first-order chi connectivity index (χ1) is 10.3. The molecule has 2 aromatic rings. The number of Topliss-reactive ketones (excluding diaryl/α,β-unsaturated/α-hetero) is 1. The third-order valence-corrected chi connectivity index (χ3v) is 3.79. The fourth-order valence-electron chi connectivity index (χ4n) is 2.79. The SMILES string of the molecule is CC(=O)c1ccc(NC(=O)c2cc(C)n(C(C)C)c2C)cc1. The molecule has 1 N–H and O–H groups in total. The van der Waals surface area contributed by atoms with Crippen LogP contribution in [0.25, 0.3) is 0 Å². The van der Waals surface area contributed by atoms with Crippen molar-refractivity contribution < 1.29 is 9.59 Å². The fraction of sp³-hybridized carbons (Fsp3) is 0.333. The van der Waals surface area contributed by atoms with Crippen LogP contribution in [0.4, 0.5) is 5.69 Å². The lowest BCUT2D eigenvalue weighted by atomic mass is 10.1. The Morgan fingerprint density at radius 3 is 2.14 bits per heavy atom. The molecule has 0 aliphatic carbocycles. The molecular weight excluding hydrogens is 276 g/mol. The molecule has 1 heterocycles. The van der Waals surface area contributed by atoms with E-state index in [1.54, 1.807) is 24.3 Å². The average molecular weight is 298 g/mol. The third-order valence-electron chi connectivity index (χ3n) is 3.79. The number of nitrogens with zero attached hydrogens (tertiary/aromatic N) is 1. The predicted octanol–water partition coefficient (Wildman–Crippen LogP) is 4.14. The van der Waals surface area contributed by atoms with Gasteiger partial charge in [-0.3, -0.25) is 9.59 Å². The van der Waals surface area contributed by atoms with E-state index in [0.717, 1.165) is 11.4 Å². The minimum atomic E-state index is -0.129. The molecule has 4 heteroatoms. The first-order valence-electron chi connectivity index (χ1n) is 7.42. The molecule has 116 valence electrons. The number of carbonyl (C=O) groups is 2. The molecule has 0 bridgehead atoms. The summed E-state index contributed by atoms with van der Waals surface area (Å²) in [4.78, 5) is 23.7. The van der Waals surface area contributed by atoms with Crippen molar-refractivity contribution in [2.45, 2.75) is 40.7 Å². The Morgan fingerprint density at radius 2 is 1.68 bits per heavy atom. The molecule has 0 unspecified atom stereocenters. The van der Waals surface area contributed by atoms with E-state index in [-0.39, 0.29) is 11.7 Å². The molecule has 1 aromatic heterocycles. The van der Waals surface area contributed by atoms with Gasteiger partial charge < -0.3 is 9.88 Å². The minimum Gasteiger partial charge on any atom is -0.346 e. The van der Waals surface area contributed by atoms with E-state index in [1.165, 1.54) is 6.92 Å². The van der Waals surface area contributed by atoms with Crippen molar-refractivity contribution in [3.63, 3.8) is 0 Å². The lowest BCUT2D eigenvalue weighted by Gasteiger charge is -2.13. The monoisotopic (exact) mass is 298 g/mol. The van der Waals surface area contributed by atoms with Crippen LogP contribution in [0.3, 0.4) is 0 Å². The molecule has 1 amide bonds. The molecule has 0 aliphatic heterocycles. The molecule has 0 aliphatic rings. The van der Waals surface area contributed by atoms with Gasteiger partial charge in [0.15, 0.2) is 5.78 Å². The van der Waals surface area contributed by atoms with Gasteiger partial charge in [0.05, 0.1) is 5.56 Å². The van der Waals surface area contributed by atoms with Crippen LogP contribution in [0.2, 0.25) is 0 Å². The van der Waals surface area contributed by atoms with E-state index >= 15 is 0 Å². The van der Waals surface area contributed by atoms with Gasteiger partial charge in [0, 0.05) is 28.7 Å². The second kappa shape index (κ2) is 6.18. The molecule has 0 saturated carbocycles. The van der Waals surface area contributed by atoms with Crippen LogP contribution in [0, 0.1) is 13.8 Å². The first-order valence-corrected chi connectivity index (χ1v) is 7.42. The number of ketones is 1. The van der Waals surface area contributed by atoms with Gasteiger partial charge >= 0.3 is 0 Å². The van der Waals surface area contributed by atoms with E-state index in [1.807, 2.05) is 19.9 Å². The summed E-state index contributed by atoms with van der Waals surface area (Å²) in [6, 6.07) is 9.16. The fourth-order valence-corrected chi connectivity index (χ4v) is 2.79. The number of aryl methyl sites for hydroxylation is 1. The van der Waals surface area contributed by atoms with Crippen molar-refractivity contribution in [3.8, 4) is 0 Å². The number of hydrogen-bond acceptors (Lipinski definition) is 2. The van der Waals surface area contributed by atoms with Gasteiger partial charge in [-0.1, -0.05) is 0 Å². The van der Waals surface area contributed by atoms with Crippen LogP contribution in [0.5, 0.6) is 0 Å². The molecule has 2 rings (SSSR count). The number of amides is 1. The van der Waals surface area contributed by atoms with Crippen molar-refractivity contribution >= 4 is 17.4 Å². The maximum absolute atomic E-state index is 12.5. The van der Waals surface area contributed by atoms with Crippen LogP contribution >= 0.6 is 0 Å². The summed E-state index contributed by atoms with van der Waals surface area (Å²) in [5.74, 6) is -0.117.